The molecule has 1 heterocycles. The number of piperidine rings is 1. The van der Waals surface area contributed by atoms with E-state index in [-0.39, 0.29) is 5.78 Å². The molecule has 2 nitrogen and oxygen atoms in total. The molecular weight excluding hydrogens is 289 g/mol. The minimum absolute atomic E-state index is 0.287. The van der Waals surface area contributed by atoms with Crippen molar-refractivity contribution in [2.45, 2.75) is 12.8 Å². The molecule has 0 bridgehead atoms. The topological polar surface area (TPSA) is 29.1 Å². The van der Waals surface area contributed by atoms with Crippen LogP contribution in [0.15, 0.2) is 28.4 Å². The predicted molar refractivity (Wildman–Crippen MR) is 69.4 cm³/mol. The highest BCUT2D eigenvalue weighted by molar-refractivity contribution is 9.10. The molecule has 1 aliphatic heterocycles. The van der Waals surface area contributed by atoms with Crippen molar-refractivity contribution < 1.29 is 4.79 Å². The number of ketones is 1. The van der Waals surface area contributed by atoms with Gasteiger partial charge in [0.15, 0.2) is 0 Å². The molecule has 16 heavy (non-hydrogen) atoms. The Balaban J connectivity index is 2.24. The Morgan fingerprint density at radius 3 is 2.94 bits per heavy atom. The molecule has 84 valence electrons. The van der Waals surface area contributed by atoms with Gasteiger partial charge < -0.3 is 5.32 Å². The fourth-order valence-electron chi connectivity index (χ4n) is 1.63. The number of carbonyl (C=O) groups excluding carboxylic acids is 1. The maximum Gasteiger partial charge on any atom is 0.140 e. The SMILES string of the molecule is O=C1CCNC(=Cc2ccc(Cl)cc2Br)C1. The van der Waals surface area contributed by atoms with Crippen LogP contribution in [-0.4, -0.2) is 12.3 Å². The van der Waals surface area contributed by atoms with Crippen LogP contribution in [0.2, 0.25) is 5.02 Å². The van der Waals surface area contributed by atoms with Crippen molar-refractivity contribution >= 4 is 39.4 Å². The van der Waals surface area contributed by atoms with Gasteiger partial charge in [-0.1, -0.05) is 33.6 Å². The molecule has 4 heteroatoms. The maximum absolute atomic E-state index is 11.3. The van der Waals surface area contributed by atoms with Crippen LogP contribution in [0.25, 0.3) is 6.08 Å². The van der Waals surface area contributed by atoms with Crippen molar-refractivity contribution in [1.82, 2.24) is 5.32 Å². The van der Waals surface area contributed by atoms with Crippen molar-refractivity contribution in [1.29, 1.82) is 0 Å². The molecule has 0 amide bonds. The van der Waals surface area contributed by atoms with Crippen molar-refractivity contribution in [3.8, 4) is 0 Å². The van der Waals surface area contributed by atoms with Gasteiger partial charge in [-0.15, -0.1) is 0 Å². The molecule has 1 aromatic carbocycles. The standard InChI is InChI=1S/C12H11BrClNO/c13-12-6-9(14)2-1-8(12)5-10-7-11(16)3-4-15-10/h1-2,5-6,15H,3-4,7H2. The molecule has 1 aliphatic rings. The van der Waals surface area contributed by atoms with E-state index in [0.29, 0.717) is 17.9 Å². The molecule has 2 rings (SSSR count). The summed E-state index contributed by atoms with van der Waals surface area (Å²) in [7, 11) is 0. The molecule has 0 unspecified atom stereocenters. The minimum atomic E-state index is 0.287. The van der Waals surface area contributed by atoms with Crippen LogP contribution in [-0.2, 0) is 4.79 Å². The van der Waals surface area contributed by atoms with Crippen LogP contribution in [0.3, 0.4) is 0 Å². The lowest BCUT2D eigenvalue weighted by atomic mass is 10.1. The van der Waals surface area contributed by atoms with Crippen molar-refractivity contribution in [2.75, 3.05) is 6.54 Å². The molecule has 0 saturated carbocycles. The zero-order chi connectivity index (χ0) is 11.5. The monoisotopic (exact) mass is 299 g/mol. The van der Waals surface area contributed by atoms with E-state index in [2.05, 4.69) is 21.2 Å². The van der Waals surface area contributed by atoms with Gasteiger partial charge in [-0.3, -0.25) is 4.79 Å². The summed E-state index contributed by atoms with van der Waals surface area (Å²) in [4.78, 5) is 11.3. The van der Waals surface area contributed by atoms with E-state index < -0.39 is 0 Å². The van der Waals surface area contributed by atoms with Gasteiger partial charge >= 0.3 is 0 Å². The van der Waals surface area contributed by atoms with Gasteiger partial charge in [0.05, 0.1) is 0 Å². The third-order valence-electron chi connectivity index (χ3n) is 2.44. The second kappa shape index (κ2) is 5.02. The normalized spacial score (nSPS) is 18.6. The number of hydrogen-bond donors (Lipinski definition) is 1. The summed E-state index contributed by atoms with van der Waals surface area (Å²) in [6.07, 6.45) is 3.10. The van der Waals surface area contributed by atoms with E-state index in [9.17, 15) is 4.79 Å². The number of rotatable bonds is 1. The molecule has 1 aromatic rings. The lowest BCUT2D eigenvalue weighted by Crippen LogP contribution is -2.25. The lowest BCUT2D eigenvalue weighted by molar-refractivity contribution is -0.119. The van der Waals surface area contributed by atoms with Crippen molar-refractivity contribution in [3.63, 3.8) is 0 Å². The van der Waals surface area contributed by atoms with Gasteiger partial charge in [0.25, 0.3) is 0 Å². The molecule has 1 saturated heterocycles. The third kappa shape index (κ3) is 2.86. The number of allylic oxidation sites excluding steroid dienone is 1. The molecule has 0 spiro atoms. The van der Waals surface area contributed by atoms with Gasteiger partial charge in [-0.2, -0.15) is 0 Å². The summed E-state index contributed by atoms with van der Waals surface area (Å²) >= 11 is 9.31. The molecule has 0 aromatic heterocycles. The van der Waals surface area contributed by atoms with E-state index in [1.807, 2.05) is 24.3 Å². The highest BCUT2D eigenvalue weighted by atomic mass is 79.9. The van der Waals surface area contributed by atoms with Crippen LogP contribution in [0.5, 0.6) is 0 Å². The number of hydrogen-bond acceptors (Lipinski definition) is 2. The first-order valence-electron chi connectivity index (χ1n) is 5.06. The summed E-state index contributed by atoms with van der Waals surface area (Å²) in [6, 6.07) is 5.61. The predicted octanol–water partition coefficient (Wildman–Crippen LogP) is 3.40. The second-order valence-corrected chi connectivity index (χ2v) is 5.02. The Morgan fingerprint density at radius 2 is 2.25 bits per heavy atom. The minimum Gasteiger partial charge on any atom is -0.388 e. The van der Waals surface area contributed by atoms with Gasteiger partial charge in [-0.25, -0.2) is 0 Å². The zero-order valence-corrected chi connectivity index (χ0v) is 10.9. The van der Waals surface area contributed by atoms with Gasteiger partial charge in [-0.05, 0) is 23.8 Å². The number of carbonyl (C=O) groups is 1. The molecule has 0 atom stereocenters. The van der Waals surface area contributed by atoms with E-state index in [1.165, 1.54) is 0 Å². The second-order valence-electron chi connectivity index (χ2n) is 3.73. The summed E-state index contributed by atoms with van der Waals surface area (Å²) in [5, 5.41) is 3.92. The highest BCUT2D eigenvalue weighted by Crippen LogP contribution is 2.24. The van der Waals surface area contributed by atoms with Crippen molar-refractivity contribution in [2.24, 2.45) is 0 Å². The number of benzene rings is 1. The van der Waals surface area contributed by atoms with Crippen LogP contribution >= 0.6 is 27.5 Å². The molecule has 1 fully saturated rings. The lowest BCUT2D eigenvalue weighted by Gasteiger charge is -2.16. The summed E-state index contributed by atoms with van der Waals surface area (Å²) in [5.41, 5.74) is 2.00. The fourth-order valence-corrected chi connectivity index (χ4v) is 2.43. The number of halogens is 2. The highest BCUT2D eigenvalue weighted by Gasteiger charge is 2.12. The van der Waals surface area contributed by atoms with E-state index in [1.54, 1.807) is 0 Å². The van der Waals surface area contributed by atoms with Crippen LogP contribution in [0.1, 0.15) is 18.4 Å². The largest absolute Gasteiger partial charge is 0.388 e. The van der Waals surface area contributed by atoms with E-state index in [0.717, 1.165) is 22.3 Å². The summed E-state index contributed by atoms with van der Waals surface area (Å²) in [5.74, 6) is 0.287. The Morgan fingerprint density at radius 1 is 1.44 bits per heavy atom. The first kappa shape index (κ1) is 11.7. The summed E-state index contributed by atoms with van der Waals surface area (Å²) < 4.78 is 0.937. The van der Waals surface area contributed by atoms with Crippen molar-refractivity contribution in [3.05, 3.63) is 39.0 Å². The molecular formula is C12H11BrClNO. The molecule has 1 N–H and O–H groups in total. The number of Topliss-reactive ketones (excluding diaryl/α,β-unsaturated/α-hetero) is 1. The Bertz CT molecular complexity index is 456. The Labute approximate surface area is 108 Å². The van der Waals surface area contributed by atoms with Gasteiger partial charge in [0.2, 0.25) is 0 Å². The quantitative estimate of drug-likeness (QED) is 0.861. The Kier molecular flexibility index (Phi) is 3.66. The zero-order valence-electron chi connectivity index (χ0n) is 8.59. The van der Waals surface area contributed by atoms with Gasteiger partial charge in [0.1, 0.15) is 5.78 Å². The first-order chi connectivity index (χ1) is 7.65. The number of nitrogens with one attached hydrogen (secondary N) is 1. The van der Waals surface area contributed by atoms with E-state index in [4.69, 9.17) is 11.6 Å². The Hall–Kier alpha value is -0.800. The average Bonchev–Trinajstić information content (AvgIpc) is 2.22. The smallest absolute Gasteiger partial charge is 0.140 e. The molecule has 0 radical (unpaired) electrons. The maximum atomic E-state index is 11.3. The summed E-state index contributed by atoms with van der Waals surface area (Å²) in [6.45, 7) is 0.732. The third-order valence-corrected chi connectivity index (χ3v) is 3.36. The molecule has 0 aliphatic carbocycles. The van der Waals surface area contributed by atoms with Crippen LogP contribution in [0, 0.1) is 0 Å². The van der Waals surface area contributed by atoms with Crippen LogP contribution < -0.4 is 5.32 Å². The first-order valence-corrected chi connectivity index (χ1v) is 6.23. The van der Waals surface area contributed by atoms with Gasteiger partial charge in [0, 0.05) is 34.6 Å². The average molecular weight is 301 g/mol. The fraction of sp³-hybridized carbons (Fsp3) is 0.250. The van der Waals surface area contributed by atoms with Crippen LogP contribution in [0.4, 0.5) is 0 Å². The van der Waals surface area contributed by atoms with E-state index >= 15 is 0 Å².